The molecule has 0 fully saturated rings. The minimum absolute atomic E-state index is 0.0182. The van der Waals surface area contributed by atoms with Crippen LogP contribution < -0.4 is 10.6 Å². The van der Waals surface area contributed by atoms with Crippen molar-refractivity contribution in [2.24, 2.45) is 0 Å². The highest BCUT2D eigenvalue weighted by atomic mass is 32.1. The van der Waals surface area contributed by atoms with Gasteiger partial charge in [0.1, 0.15) is 0 Å². The summed E-state index contributed by atoms with van der Waals surface area (Å²) in [5.41, 5.74) is 3.09. The predicted molar refractivity (Wildman–Crippen MR) is 103 cm³/mol. The number of nitrogens with zero attached hydrogens (tertiary/aromatic N) is 1. The van der Waals surface area contributed by atoms with E-state index in [1.54, 1.807) is 0 Å². The molecule has 0 unspecified atom stereocenters. The Bertz CT molecular complexity index is 787. The zero-order valence-corrected chi connectivity index (χ0v) is 14.8. The average molecular weight is 351 g/mol. The number of benzene rings is 2. The molecule has 3 aromatic rings. The van der Waals surface area contributed by atoms with Crippen LogP contribution in [0.1, 0.15) is 17.7 Å². The molecule has 0 atom stereocenters. The van der Waals surface area contributed by atoms with Crippen LogP contribution in [0.3, 0.4) is 0 Å². The third kappa shape index (κ3) is 5.72. The number of aromatic nitrogens is 1. The molecule has 0 bridgehead atoms. The van der Waals surface area contributed by atoms with Crippen LogP contribution in [-0.4, -0.2) is 17.4 Å². The van der Waals surface area contributed by atoms with E-state index < -0.39 is 0 Å². The monoisotopic (exact) mass is 351 g/mol. The molecule has 2 aromatic carbocycles. The molecule has 1 aromatic heterocycles. The fourth-order valence-corrected chi connectivity index (χ4v) is 3.21. The molecule has 0 radical (unpaired) electrons. The normalized spacial score (nSPS) is 10.4. The number of aryl methyl sites for hydroxylation is 1. The number of nitrogens with one attached hydrogen (secondary N) is 2. The molecule has 0 saturated heterocycles. The van der Waals surface area contributed by atoms with E-state index in [1.165, 1.54) is 16.9 Å². The maximum atomic E-state index is 12.0. The summed E-state index contributed by atoms with van der Waals surface area (Å²) in [6, 6.07) is 20.2. The van der Waals surface area contributed by atoms with Crippen molar-refractivity contribution in [2.75, 3.05) is 11.9 Å². The maximum Gasteiger partial charge on any atom is 0.226 e. The lowest BCUT2D eigenvalue weighted by Crippen LogP contribution is -2.26. The molecule has 0 aliphatic heterocycles. The minimum atomic E-state index is 0.0182. The van der Waals surface area contributed by atoms with Gasteiger partial charge in [-0.15, -0.1) is 11.3 Å². The van der Waals surface area contributed by atoms with Gasteiger partial charge in [-0.3, -0.25) is 4.79 Å². The van der Waals surface area contributed by atoms with Crippen LogP contribution in [0.25, 0.3) is 0 Å². The van der Waals surface area contributed by atoms with Gasteiger partial charge < -0.3 is 10.6 Å². The van der Waals surface area contributed by atoms with Crippen molar-refractivity contribution in [3.05, 3.63) is 77.3 Å². The van der Waals surface area contributed by atoms with Gasteiger partial charge in [0.25, 0.3) is 0 Å². The summed E-state index contributed by atoms with van der Waals surface area (Å²) >= 11 is 1.51. The zero-order valence-electron chi connectivity index (χ0n) is 13.9. The van der Waals surface area contributed by atoms with Crippen LogP contribution in [0.15, 0.2) is 66.0 Å². The highest BCUT2D eigenvalue weighted by Gasteiger charge is 2.07. The zero-order chi connectivity index (χ0) is 17.3. The number of hydrogen-bond donors (Lipinski definition) is 2. The van der Waals surface area contributed by atoms with E-state index in [1.807, 2.05) is 53.9 Å². The molecule has 1 heterocycles. The maximum absolute atomic E-state index is 12.0. The van der Waals surface area contributed by atoms with Gasteiger partial charge in [0.05, 0.1) is 12.1 Å². The average Bonchev–Trinajstić information content (AvgIpc) is 3.07. The topological polar surface area (TPSA) is 54.0 Å². The molecule has 3 rings (SSSR count). The molecule has 1 amide bonds. The van der Waals surface area contributed by atoms with Crippen molar-refractivity contribution in [1.82, 2.24) is 10.3 Å². The molecular formula is C20H21N3OS. The van der Waals surface area contributed by atoms with Gasteiger partial charge in [0.15, 0.2) is 5.13 Å². The van der Waals surface area contributed by atoms with E-state index in [-0.39, 0.29) is 5.91 Å². The Kier molecular flexibility index (Phi) is 6.17. The highest BCUT2D eigenvalue weighted by Crippen LogP contribution is 2.20. The smallest absolute Gasteiger partial charge is 0.226 e. The van der Waals surface area contributed by atoms with Crippen LogP contribution in [0, 0.1) is 0 Å². The lowest BCUT2D eigenvalue weighted by atomic mass is 10.1. The number of amides is 1. The van der Waals surface area contributed by atoms with Gasteiger partial charge in [-0.05, 0) is 30.5 Å². The summed E-state index contributed by atoms with van der Waals surface area (Å²) in [5.74, 6) is 0.0182. The first-order chi connectivity index (χ1) is 12.3. The largest absolute Gasteiger partial charge is 0.356 e. The lowest BCUT2D eigenvalue weighted by molar-refractivity contribution is -0.120. The van der Waals surface area contributed by atoms with E-state index in [0.29, 0.717) is 13.0 Å². The van der Waals surface area contributed by atoms with E-state index in [2.05, 4.69) is 27.8 Å². The first-order valence-corrected chi connectivity index (χ1v) is 9.25. The number of thiazole rings is 1. The Morgan fingerprint density at radius 3 is 2.48 bits per heavy atom. The third-order valence-corrected chi connectivity index (χ3v) is 4.53. The number of rotatable bonds is 8. The van der Waals surface area contributed by atoms with Gasteiger partial charge >= 0.3 is 0 Å². The van der Waals surface area contributed by atoms with Crippen molar-refractivity contribution < 1.29 is 4.79 Å². The first kappa shape index (κ1) is 17.2. The Morgan fingerprint density at radius 1 is 1.00 bits per heavy atom. The number of carbonyl (C=O) groups is 1. The molecule has 128 valence electrons. The molecular weight excluding hydrogens is 330 g/mol. The first-order valence-electron chi connectivity index (χ1n) is 8.37. The molecule has 2 N–H and O–H groups in total. The summed E-state index contributed by atoms with van der Waals surface area (Å²) in [7, 11) is 0. The van der Waals surface area contributed by atoms with Crippen LogP contribution in [0.2, 0.25) is 0 Å². The second-order valence-corrected chi connectivity index (χ2v) is 6.61. The SMILES string of the molecule is O=C(Cc1csc(Nc2ccccc2)n1)NCCCc1ccccc1. The third-order valence-electron chi connectivity index (χ3n) is 3.73. The van der Waals surface area contributed by atoms with E-state index >= 15 is 0 Å². The van der Waals surface area contributed by atoms with Crippen molar-refractivity contribution in [1.29, 1.82) is 0 Å². The quantitative estimate of drug-likeness (QED) is 0.599. The Labute approximate surface area is 151 Å². The Morgan fingerprint density at radius 2 is 1.72 bits per heavy atom. The number of anilines is 2. The van der Waals surface area contributed by atoms with Crippen LogP contribution >= 0.6 is 11.3 Å². The minimum Gasteiger partial charge on any atom is -0.356 e. The van der Waals surface area contributed by atoms with E-state index in [9.17, 15) is 4.79 Å². The van der Waals surface area contributed by atoms with Gasteiger partial charge in [-0.1, -0.05) is 48.5 Å². The summed E-state index contributed by atoms with van der Waals surface area (Å²) < 4.78 is 0. The Balaban J connectivity index is 1.39. The Hall–Kier alpha value is -2.66. The molecule has 0 aliphatic carbocycles. The fourth-order valence-electron chi connectivity index (χ4n) is 2.48. The molecule has 0 spiro atoms. The van der Waals surface area contributed by atoms with Crippen molar-refractivity contribution in [3.63, 3.8) is 0 Å². The predicted octanol–water partition coefficient (Wildman–Crippen LogP) is 4.18. The van der Waals surface area contributed by atoms with Crippen LogP contribution in [-0.2, 0) is 17.6 Å². The number of carbonyl (C=O) groups excluding carboxylic acids is 1. The summed E-state index contributed by atoms with van der Waals surface area (Å²) in [5, 5.41) is 8.94. The molecule has 4 nitrogen and oxygen atoms in total. The van der Waals surface area contributed by atoms with Crippen LogP contribution in [0.4, 0.5) is 10.8 Å². The van der Waals surface area contributed by atoms with E-state index in [4.69, 9.17) is 0 Å². The molecule has 25 heavy (non-hydrogen) atoms. The number of hydrogen-bond acceptors (Lipinski definition) is 4. The van der Waals surface area contributed by atoms with Crippen molar-refractivity contribution in [3.8, 4) is 0 Å². The van der Waals surface area contributed by atoms with Crippen LogP contribution in [0.5, 0.6) is 0 Å². The lowest BCUT2D eigenvalue weighted by Gasteiger charge is -2.04. The molecule has 5 heteroatoms. The van der Waals surface area contributed by atoms with Gasteiger partial charge in [0, 0.05) is 17.6 Å². The molecule has 0 saturated carbocycles. The van der Waals surface area contributed by atoms with Crippen molar-refractivity contribution >= 4 is 28.1 Å². The van der Waals surface area contributed by atoms with Gasteiger partial charge in [-0.25, -0.2) is 4.98 Å². The van der Waals surface area contributed by atoms with Gasteiger partial charge in [0.2, 0.25) is 5.91 Å². The second kappa shape index (κ2) is 8.99. The van der Waals surface area contributed by atoms with Gasteiger partial charge in [-0.2, -0.15) is 0 Å². The standard InChI is InChI=1S/C20H21N3OS/c24-19(21-13-7-10-16-8-3-1-4-9-16)14-18-15-25-20(23-18)22-17-11-5-2-6-12-17/h1-6,8-9,11-12,15H,7,10,13-14H2,(H,21,24)(H,22,23). The number of para-hydroxylation sites is 1. The second-order valence-electron chi connectivity index (χ2n) is 5.75. The summed E-state index contributed by atoms with van der Waals surface area (Å²) in [4.78, 5) is 16.5. The molecule has 0 aliphatic rings. The highest BCUT2D eigenvalue weighted by molar-refractivity contribution is 7.13. The van der Waals surface area contributed by atoms with E-state index in [0.717, 1.165) is 29.4 Å². The summed E-state index contributed by atoms with van der Waals surface area (Å²) in [6.45, 7) is 0.687. The fraction of sp³-hybridized carbons (Fsp3) is 0.200. The van der Waals surface area contributed by atoms with Crippen molar-refractivity contribution in [2.45, 2.75) is 19.3 Å². The summed E-state index contributed by atoms with van der Waals surface area (Å²) in [6.07, 6.45) is 2.23.